The molecule has 0 bridgehead atoms. The molecule has 3 aromatic rings. The van der Waals surface area contributed by atoms with Crippen LogP contribution in [0, 0.1) is 0 Å². The fraction of sp³-hybridized carbons (Fsp3) is 0.167. The molecule has 2 heterocycles. The van der Waals surface area contributed by atoms with Gasteiger partial charge in [0.2, 0.25) is 0 Å². The first kappa shape index (κ1) is 14.4. The summed E-state index contributed by atoms with van der Waals surface area (Å²) >= 11 is 0. The fourth-order valence-corrected chi connectivity index (χ4v) is 2.45. The number of methoxy groups -OCH3 is 1. The molecule has 0 aliphatic rings. The lowest BCUT2D eigenvalue weighted by molar-refractivity contribution is 0.392. The summed E-state index contributed by atoms with van der Waals surface area (Å²) < 4.78 is 11.1. The van der Waals surface area contributed by atoms with Crippen LogP contribution in [0.5, 0.6) is 5.75 Å². The molecular weight excluding hydrogens is 276 g/mol. The quantitative estimate of drug-likeness (QED) is 0.755. The first-order chi connectivity index (χ1) is 10.9. The van der Waals surface area contributed by atoms with Crippen LogP contribution >= 0.6 is 0 Å². The second-order valence-corrected chi connectivity index (χ2v) is 4.93. The summed E-state index contributed by atoms with van der Waals surface area (Å²) in [5.74, 6) is 1.69. The van der Waals surface area contributed by atoms with Crippen LogP contribution in [0.25, 0.3) is 0 Å². The van der Waals surface area contributed by atoms with Crippen molar-refractivity contribution < 1.29 is 9.15 Å². The van der Waals surface area contributed by atoms with Crippen molar-refractivity contribution in [2.75, 3.05) is 7.11 Å². The van der Waals surface area contributed by atoms with Gasteiger partial charge in [-0.15, -0.1) is 0 Å². The Morgan fingerprint density at radius 1 is 1.14 bits per heavy atom. The second-order valence-electron chi connectivity index (χ2n) is 4.93. The summed E-state index contributed by atoms with van der Waals surface area (Å²) in [5, 5.41) is 3.52. The number of ether oxygens (including phenoxy) is 1. The van der Waals surface area contributed by atoms with Gasteiger partial charge in [0.05, 0.1) is 19.4 Å². The van der Waals surface area contributed by atoms with Gasteiger partial charge in [-0.05, 0) is 29.8 Å². The molecule has 1 atom stereocenters. The Morgan fingerprint density at radius 2 is 2.05 bits per heavy atom. The summed E-state index contributed by atoms with van der Waals surface area (Å²) in [6.07, 6.45) is 5.31. The summed E-state index contributed by atoms with van der Waals surface area (Å²) in [7, 11) is 1.68. The molecule has 4 heteroatoms. The van der Waals surface area contributed by atoms with E-state index >= 15 is 0 Å². The van der Waals surface area contributed by atoms with Gasteiger partial charge >= 0.3 is 0 Å². The van der Waals surface area contributed by atoms with Gasteiger partial charge in [-0.2, -0.15) is 0 Å². The lowest BCUT2D eigenvalue weighted by Crippen LogP contribution is -2.22. The Bertz CT molecular complexity index is 696. The van der Waals surface area contributed by atoms with Crippen molar-refractivity contribution in [1.82, 2.24) is 10.3 Å². The lowest BCUT2D eigenvalue weighted by atomic mass is 10.0. The van der Waals surface area contributed by atoms with Crippen LogP contribution in [0.15, 0.2) is 71.6 Å². The number of nitrogens with zero attached hydrogens (tertiary/aromatic N) is 1. The number of nitrogens with one attached hydrogen (secondary N) is 1. The number of pyridine rings is 1. The van der Waals surface area contributed by atoms with Crippen LogP contribution in [0.4, 0.5) is 0 Å². The number of para-hydroxylation sites is 1. The van der Waals surface area contributed by atoms with Gasteiger partial charge in [0, 0.05) is 24.5 Å². The number of hydrogen-bond acceptors (Lipinski definition) is 4. The van der Waals surface area contributed by atoms with Gasteiger partial charge in [-0.25, -0.2) is 0 Å². The minimum Gasteiger partial charge on any atom is -0.496 e. The van der Waals surface area contributed by atoms with Crippen LogP contribution in [-0.4, -0.2) is 12.1 Å². The molecule has 0 aliphatic heterocycles. The molecule has 3 rings (SSSR count). The highest BCUT2D eigenvalue weighted by Gasteiger charge is 2.20. The van der Waals surface area contributed by atoms with Gasteiger partial charge in [0.1, 0.15) is 11.5 Å². The number of benzene rings is 1. The highest BCUT2D eigenvalue weighted by atomic mass is 16.5. The van der Waals surface area contributed by atoms with Gasteiger partial charge < -0.3 is 9.15 Å². The highest BCUT2D eigenvalue weighted by molar-refractivity contribution is 5.39. The van der Waals surface area contributed by atoms with Crippen molar-refractivity contribution >= 4 is 0 Å². The zero-order valence-corrected chi connectivity index (χ0v) is 12.4. The van der Waals surface area contributed by atoms with Crippen molar-refractivity contribution in [3.8, 4) is 5.75 Å². The third-order valence-corrected chi connectivity index (χ3v) is 3.51. The van der Waals surface area contributed by atoms with Crippen LogP contribution < -0.4 is 10.1 Å². The molecule has 1 N–H and O–H groups in total. The van der Waals surface area contributed by atoms with Gasteiger partial charge in [-0.3, -0.25) is 10.3 Å². The maximum atomic E-state index is 5.60. The maximum absolute atomic E-state index is 5.60. The predicted octanol–water partition coefficient (Wildman–Crippen LogP) is 3.56. The Hall–Kier alpha value is -2.59. The Balaban J connectivity index is 1.88. The summed E-state index contributed by atoms with van der Waals surface area (Å²) in [5.41, 5.74) is 2.16. The number of aromatic nitrogens is 1. The minimum absolute atomic E-state index is 0.0774. The Labute approximate surface area is 129 Å². The standard InChI is InChI=1S/C18H18N2O2/c1-21-16-8-3-2-7-15(16)18(17-9-5-11-22-17)20-13-14-6-4-10-19-12-14/h2-12,18,20H,13H2,1H3. The van der Waals surface area contributed by atoms with Crippen molar-refractivity contribution in [2.24, 2.45) is 0 Å². The molecular formula is C18H18N2O2. The number of furan rings is 1. The van der Waals surface area contributed by atoms with Gasteiger partial charge in [0.15, 0.2) is 0 Å². The van der Waals surface area contributed by atoms with Crippen molar-refractivity contribution in [3.05, 3.63) is 84.1 Å². The third-order valence-electron chi connectivity index (χ3n) is 3.51. The summed E-state index contributed by atoms with van der Waals surface area (Å²) in [6.45, 7) is 0.692. The molecule has 0 spiro atoms. The first-order valence-electron chi connectivity index (χ1n) is 7.17. The first-order valence-corrected chi connectivity index (χ1v) is 7.17. The minimum atomic E-state index is -0.0774. The van der Waals surface area contributed by atoms with E-state index in [0.29, 0.717) is 6.54 Å². The van der Waals surface area contributed by atoms with E-state index in [9.17, 15) is 0 Å². The molecule has 112 valence electrons. The average Bonchev–Trinajstić information content (AvgIpc) is 3.11. The summed E-state index contributed by atoms with van der Waals surface area (Å²) in [6, 6.07) is 15.7. The average molecular weight is 294 g/mol. The molecule has 0 saturated heterocycles. The van der Waals surface area contributed by atoms with Crippen LogP contribution in [0.2, 0.25) is 0 Å². The fourth-order valence-electron chi connectivity index (χ4n) is 2.45. The van der Waals surface area contributed by atoms with Crippen molar-refractivity contribution in [3.63, 3.8) is 0 Å². The second kappa shape index (κ2) is 6.91. The predicted molar refractivity (Wildman–Crippen MR) is 84.6 cm³/mol. The van der Waals surface area contributed by atoms with E-state index in [4.69, 9.17) is 9.15 Å². The van der Waals surface area contributed by atoms with E-state index in [1.54, 1.807) is 19.6 Å². The lowest BCUT2D eigenvalue weighted by Gasteiger charge is -2.19. The Kier molecular flexibility index (Phi) is 4.51. The molecule has 1 unspecified atom stereocenters. The molecule has 2 aromatic heterocycles. The number of hydrogen-bond donors (Lipinski definition) is 1. The van der Waals surface area contributed by atoms with Crippen molar-refractivity contribution in [2.45, 2.75) is 12.6 Å². The molecule has 1 aromatic carbocycles. The molecule has 0 fully saturated rings. The molecule has 4 nitrogen and oxygen atoms in total. The summed E-state index contributed by atoms with van der Waals surface area (Å²) in [4.78, 5) is 4.14. The molecule has 0 aliphatic carbocycles. The SMILES string of the molecule is COc1ccccc1C(NCc1cccnc1)c1ccco1. The molecule has 22 heavy (non-hydrogen) atoms. The van der Waals surface area contributed by atoms with Gasteiger partial charge in [-0.1, -0.05) is 24.3 Å². The molecule has 0 amide bonds. The monoisotopic (exact) mass is 294 g/mol. The van der Waals surface area contributed by atoms with E-state index in [1.165, 1.54) is 0 Å². The van der Waals surface area contributed by atoms with E-state index in [0.717, 1.165) is 22.6 Å². The van der Waals surface area contributed by atoms with E-state index in [-0.39, 0.29) is 6.04 Å². The third kappa shape index (κ3) is 3.18. The van der Waals surface area contributed by atoms with Gasteiger partial charge in [0.25, 0.3) is 0 Å². The number of rotatable bonds is 6. The molecule has 0 saturated carbocycles. The van der Waals surface area contributed by atoms with E-state index < -0.39 is 0 Å². The maximum Gasteiger partial charge on any atom is 0.125 e. The zero-order chi connectivity index (χ0) is 15.2. The van der Waals surface area contributed by atoms with Crippen LogP contribution in [0.3, 0.4) is 0 Å². The van der Waals surface area contributed by atoms with E-state index in [2.05, 4.69) is 10.3 Å². The van der Waals surface area contributed by atoms with Crippen LogP contribution in [0.1, 0.15) is 22.9 Å². The van der Waals surface area contributed by atoms with Crippen LogP contribution in [-0.2, 0) is 6.54 Å². The topological polar surface area (TPSA) is 47.3 Å². The molecule has 0 radical (unpaired) electrons. The Morgan fingerprint density at radius 3 is 2.77 bits per heavy atom. The largest absolute Gasteiger partial charge is 0.496 e. The van der Waals surface area contributed by atoms with Crippen molar-refractivity contribution in [1.29, 1.82) is 0 Å². The normalized spacial score (nSPS) is 12.0. The highest BCUT2D eigenvalue weighted by Crippen LogP contribution is 2.30. The smallest absolute Gasteiger partial charge is 0.125 e. The zero-order valence-electron chi connectivity index (χ0n) is 12.4. The van der Waals surface area contributed by atoms with E-state index in [1.807, 2.05) is 54.7 Å².